The van der Waals surface area contributed by atoms with Gasteiger partial charge in [0.15, 0.2) is 5.65 Å². The van der Waals surface area contributed by atoms with Gasteiger partial charge in [0.25, 0.3) is 0 Å². The molecular formula is C18H21ClFN5. The highest BCUT2D eigenvalue weighted by Crippen LogP contribution is 2.30. The fourth-order valence-corrected chi connectivity index (χ4v) is 3.60. The predicted octanol–water partition coefficient (Wildman–Crippen LogP) is 3.30. The molecule has 0 saturated carbocycles. The molecule has 1 atom stereocenters. The van der Waals surface area contributed by atoms with Gasteiger partial charge in [-0.1, -0.05) is 12.1 Å². The van der Waals surface area contributed by atoms with Gasteiger partial charge in [0, 0.05) is 38.4 Å². The molecular weight excluding hydrogens is 341 g/mol. The Labute approximate surface area is 152 Å². The number of halogens is 2. The lowest BCUT2D eigenvalue weighted by Gasteiger charge is -2.32. The number of hydrogen-bond donors (Lipinski definition) is 0. The zero-order valence-electron chi connectivity index (χ0n) is 14.1. The lowest BCUT2D eigenvalue weighted by Crippen LogP contribution is -2.34. The Balaban J connectivity index is 0.00000182. The minimum Gasteiger partial charge on any atom is -0.298 e. The number of nitrogens with zero attached hydrogens (tertiary/aromatic N) is 5. The first-order valence-corrected chi connectivity index (χ1v) is 8.31. The molecule has 0 bridgehead atoms. The Morgan fingerprint density at radius 3 is 2.92 bits per heavy atom. The molecule has 132 valence electrons. The van der Waals surface area contributed by atoms with Gasteiger partial charge in [-0.05, 0) is 37.1 Å². The van der Waals surface area contributed by atoms with Crippen LogP contribution in [0, 0.1) is 5.82 Å². The summed E-state index contributed by atoms with van der Waals surface area (Å²) in [6, 6.07) is 6.86. The van der Waals surface area contributed by atoms with Crippen LogP contribution in [-0.2, 0) is 13.6 Å². The molecule has 1 aromatic carbocycles. The number of aryl methyl sites for hydroxylation is 1. The van der Waals surface area contributed by atoms with Crippen LogP contribution < -0.4 is 0 Å². The van der Waals surface area contributed by atoms with Gasteiger partial charge in [0.1, 0.15) is 11.3 Å². The van der Waals surface area contributed by atoms with E-state index in [1.54, 1.807) is 24.5 Å². The van der Waals surface area contributed by atoms with Gasteiger partial charge in [0.05, 0.1) is 5.69 Å². The van der Waals surface area contributed by atoms with E-state index in [2.05, 4.69) is 20.0 Å². The van der Waals surface area contributed by atoms with Crippen molar-refractivity contribution in [2.75, 3.05) is 13.1 Å². The van der Waals surface area contributed by atoms with E-state index in [1.807, 2.05) is 17.8 Å². The molecule has 3 aromatic rings. The van der Waals surface area contributed by atoms with Crippen LogP contribution in [0.25, 0.3) is 11.2 Å². The number of fused-ring (bicyclic) bond motifs is 1. The molecule has 2 aromatic heterocycles. The summed E-state index contributed by atoms with van der Waals surface area (Å²) in [7, 11) is 1.91. The molecule has 0 aliphatic carbocycles. The van der Waals surface area contributed by atoms with Crippen LogP contribution in [0.1, 0.15) is 30.0 Å². The summed E-state index contributed by atoms with van der Waals surface area (Å²) in [6.07, 6.45) is 5.63. The lowest BCUT2D eigenvalue weighted by atomic mass is 9.94. The lowest BCUT2D eigenvalue weighted by molar-refractivity contribution is 0.198. The molecule has 1 fully saturated rings. The Hall–Kier alpha value is -2.05. The zero-order chi connectivity index (χ0) is 16.5. The maximum atomic E-state index is 13.4. The van der Waals surface area contributed by atoms with Crippen molar-refractivity contribution in [2.45, 2.75) is 25.3 Å². The summed E-state index contributed by atoms with van der Waals surface area (Å²) in [5.41, 5.74) is 3.78. The molecule has 4 rings (SSSR count). The fraction of sp³-hybridized carbons (Fsp3) is 0.389. The van der Waals surface area contributed by atoms with Crippen molar-refractivity contribution in [1.29, 1.82) is 0 Å². The van der Waals surface area contributed by atoms with E-state index in [0.717, 1.165) is 54.9 Å². The molecule has 3 heterocycles. The van der Waals surface area contributed by atoms with E-state index in [0.29, 0.717) is 5.92 Å². The third kappa shape index (κ3) is 3.65. The molecule has 1 aliphatic rings. The van der Waals surface area contributed by atoms with Crippen LogP contribution in [0.2, 0.25) is 0 Å². The second-order valence-corrected chi connectivity index (χ2v) is 6.44. The minimum atomic E-state index is -0.174. The second-order valence-electron chi connectivity index (χ2n) is 6.44. The average molecular weight is 362 g/mol. The number of likely N-dealkylation sites (tertiary alicyclic amines) is 1. The minimum absolute atomic E-state index is 0. The van der Waals surface area contributed by atoms with Crippen molar-refractivity contribution in [3.8, 4) is 0 Å². The van der Waals surface area contributed by atoms with Crippen LogP contribution >= 0.6 is 12.4 Å². The van der Waals surface area contributed by atoms with Crippen molar-refractivity contribution in [1.82, 2.24) is 24.6 Å². The summed E-state index contributed by atoms with van der Waals surface area (Å²) in [5.74, 6) is 0.166. The summed E-state index contributed by atoms with van der Waals surface area (Å²) in [6.45, 7) is 2.72. The first kappa shape index (κ1) is 17.8. The van der Waals surface area contributed by atoms with E-state index in [9.17, 15) is 4.39 Å². The van der Waals surface area contributed by atoms with Gasteiger partial charge in [-0.2, -0.15) is 5.10 Å². The third-order valence-corrected chi connectivity index (χ3v) is 4.67. The van der Waals surface area contributed by atoms with Gasteiger partial charge in [0.2, 0.25) is 0 Å². The molecule has 25 heavy (non-hydrogen) atoms. The Morgan fingerprint density at radius 1 is 1.24 bits per heavy atom. The highest BCUT2D eigenvalue weighted by atomic mass is 35.5. The first-order valence-electron chi connectivity index (χ1n) is 8.31. The molecule has 0 amide bonds. The second kappa shape index (κ2) is 7.45. The summed E-state index contributed by atoms with van der Waals surface area (Å²) < 4.78 is 15.2. The largest absolute Gasteiger partial charge is 0.298 e. The van der Waals surface area contributed by atoms with Crippen LogP contribution in [-0.4, -0.2) is 37.7 Å². The maximum Gasteiger partial charge on any atom is 0.176 e. The average Bonchev–Trinajstić information content (AvgIpc) is 2.93. The SMILES string of the molecule is Cl.Cn1nc(C2CCCN(Cc3cccc(F)c3)C2)c2nccnc21. The zero-order valence-corrected chi connectivity index (χ0v) is 14.9. The van der Waals surface area contributed by atoms with Crippen molar-refractivity contribution in [2.24, 2.45) is 7.05 Å². The molecule has 1 unspecified atom stereocenters. The van der Waals surface area contributed by atoms with Gasteiger partial charge in [-0.25, -0.2) is 19.0 Å². The topological polar surface area (TPSA) is 46.8 Å². The van der Waals surface area contributed by atoms with Crippen LogP contribution in [0.3, 0.4) is 0 Å². The number of rotatable bonds is 3. The standard InChI is InChI=1S/C18H20FN5.ClH/c1-23-18-17(20-7-8-21-18)16(22-23)14-5-3-9-24(12-14)11-13-4-2-6-15(19)10-13;/h2,4,6-8,10,14H,3,5,9,11-12H2,1H3;1H. The summed E-state index contributed by atoms with van der Waals surface area (Å²) >= 11 is 0. The summed E-state index contributed by atoms with van der Waals surface area (Å²) in [5, 5.41) is 4.67. The molecule has 1 saturated heterocycles. The van der Waals surface area contributed by atoms with Crippen LogP contribution in [0.4, 0.5) is 4.39 Å². The highest BCUT2D eigenvalue weighted by Gasteiger charge is 2.26. The molecule has 7 heteroatoms. The molecule has 0 radical (unpaired) electrons. The number of aromatic nitrogens is 4. The van der Waals surface area contributed by atoms with E-state index in [-0.39, 0.29) is 18.2 Å². The predicted molar refractivity (Wildman–Crippen MR) is 97.2 cm³/mol. The van der Waals surface area contributed by atoms with E-state index < -0.39 is 0 Å². The normalized spacial score (nSPS) is 18.2. The van der Waals surface area contributed by atoms with Crippen molar-refractivity contribution < 1.29 is 4.39 Å². The smallest absolute Gasteiger partial charge is 0.176 e. The van der Waals surface area contributed by atoms with Crippen molar-refractivity contribution >= 4 is 23.6 Å². The van der Waals surface area contributed by atoms with Crippen LogP contribution in [0.15, 0.2) is 36.7 Å². The quantitative estimate of drug-likeness (QED) is 0.718. The maximum absolute atomic E-state index is 13.4. The highest BCUT2D eigenvalue weighted by molar-refractivity contribution is 5.85. The Bertz CT molecular complexity index is 866. The van der Waals surface area contributed by atoms with E-state index >= 15 is 0 Å². The third-order valence-electron chi connectivity index (χ3n) is 4.67. The number of benzene rings is 1. The monoisotopic (exact) mass is 361 g/mol. The van der Waals surface area contributed by atoms with Crippen molar-refractivity contribution in [3.05, 3.63) is 53.7 Å². The molecule has 5 nitrogen and oxygen atoms in total. The van der Waals surface area contributed by atoms with Crippen LogP contribution in [0.5, 0.6) is 0 Å². The van der Waals surface area contributed by atoms with Gasteiger partial charge >= 0.3 is 0 Å². The Morgan fingerprint density at radius 2 is 2.08 bits per heavy atom. The summed E-state index contributed by atoms with van der Waals surface area (Å²) in [4.78, 5) is 11.2. The first-order chi connectivity index (χ1) is 11.7. The Kier molecular flexibility index (Phi) is 5.30. The van der Waals surface area contributed by atoms with Crippen molar-refractivity contribution in [3.63, 3.8) is 0 Å². The molecule has 0 spiro atoms. The van der Waals surface area contributed by atoms with Gasteiger partial charge in [-0.3, -0.25) is 4.90 Å². The fourth-order valence-electron chi connectivity index (χ4n) is 3.60. The van der Waals surface area contributed by atoms with E-state index in [4.69, 9.17) is 0 Å². The van der Waals surface area contributed by atoms with E-state index in [1.165, 1.54) is 6.07 Å². The number of piperidine rings is 1. The van der Waals surface area contributed by atoms with Gasteiger partial charge < -0.3 is 0 Å². The number of hydrogen-bond acceptors (Lipinski definition) is 4. The molecule has 1 aliphatic heterocycles. The molecule has 0 N–H and O–H groups in total. The van der Waals surface area contributed by atoms with Gasteiger partial charge in [-0.15, -0.1) is 12.4 Å².